The van der Waals surface area contributed by atoms with Crippen LogP contribution in [0.5, 0.6) is 0 Å². The molecule has 6 nitrogen and oxygen atoms in total. The SMILES string of the molecule is Cc1nn(CC(C)C)c2sc(C(=O)Nc3cccc(N4CCCC4=O)c3)cc12. The van der Waals surface area contributed by atoms with E-state index in [-0.39, 0.29) is 11.8 Å². The van der Waals surface area contributed by atoms with Crippen LogP contribution in [0.2, 0.25) is 0 Å². The van der Waals surface area contributed by atoms with Gasteiger partial charge >= 0.3 is 0 Å². The summed E-state index contributed by atoms with van der Waals surface area (Å²) in [5.74, 6) is 0.484. The summed E-state index contributed by atoms with van der Waals surface area (Å²) < 4.78 is 2.00. The molecule has 1 aliphatic rings. The molecule has 2 amide bonds. The molecule has 0 spiro atoms. The number of fused-ring (bicyclic) bond motifs is 1. The molecule has 7 heteroatoms. The van der Waals surface area contributed by atoms with Crippen molar-refractivity contribution in [2.24, 2.45) is 5.92 Å². The molecule has 0 atom stereocenters. The molecular formula is C21H24N4O2S. The maximum atomic E-state index is 12.8. The first-order chi connectivity index (χ1) is 13.4. The summed E-state index contributed by atoms with van der Waals surface area (Å²) in [6, 6.07) is 9.40. The highest BCUT2D eigenvalue weighted by atomic mass is 32.1. The van der Waals surface area contributed by atoms with Crippen LogP contribution >= 0.6 is 11.3 Å². The molecule has 1 N–H and O–H groups in total. The number of hydrogen-bond donors (Lipinski definition) is 1. The van der Waals surface area contributed by atoms with E-state index in [0.717, 1.165) is 41.1 Å². The number of aryl methyl sites for hydroxylation is 1. The van der Waals surface area contributed by atoms with Gasteiger partial charge in [-0.05, 0) is 43.5 Å². The quantitative estimate of drug-likeness (QED) is 0.693. The fourth-order valence-electron chi connectivity index (χ4n) is 3.56. The van der Waals surface area contributed by atoms with Gasteiger partial charge in [0.15, 0.2) is 0 Å². The lowest BCUT2D eigenvalue weighted by atomic mass is 10.2. The maximum Gasteiger partial charge on any atom is 0.265 e. The molecule has 1 aromatic carbocycles. The van der Waals surface area contributed by atoms with Crippen LogP contribution in [0, 0.1) is 12.8 Å². The average molecular weight is 397 g/mol. The molecule has 1 aliphatic heterocycles. The van der Waals surface area contributed by atoms with Crippen molar-refractivity contribution in [3.63, 3.8) is 0 Å². The van der Waals surface area contributed by atoms with Crippen molar-refractivity contribution in [1.82, 2.24) is 9.78 Å². The van der Waals surface area contributed by atoms with Gasteiger partial charge < -0.3 is 10.2 Å². The molecule has 0 radical (unpaired) electrons. The Morgan fingerprint density at radius 3 is 2.86 bits per heavy atom. The second-order valence-corrected chi connectivity index (χ2v) is 8.67. The van der Waals surface area contributed by atoms with Gasteiger partial charge in [0.05, 0.1) is 10.6 Å². The van der Waals surface area contributed by atoms with Crippen molar-refractivity contribution in [1.29, 1.82) is 0 Å². The number of hydrogen-bond acceptors (Lipinski definition) is 4. The third-order valence-electron chi connectivity index (χ3n) is 4.86. The molecule has 0 saturated carbocycles. The molecule has 3 aromatic rings. The number of carbonyl (C=O) groups is 2. The Labute approximate surface area is 168 Å². The number of rotatable bonds is 5. The van der Waals surface area contributed by atoms with Crippen LogP contribution in [0.25, 0.3) is 10.2 Å². The number of thiophene rings is 1. The van der Waals surface area contributed by atoms with E-state index < -0.39 is 0 Å². The van der Waals surface area contributed by atoms with Crippen LogP contribution in [-0.4, -0.2) is 28.1 Å². The Morgan fingerprint density at radius 1 is 1.32 bits per heavy atom. The number of amides is 2. The van der Waals surface area contributed by atoms with Gasteiger partial charge in [-0.15, -0.1) is 11.3 Å². The Hall–Kier alpha value is -2.67. The molecule has 3 heterocycles. The van der Waals surface area contributed by atoms with Crippen molar-refractivity contribution < 1.29 is 9.59 Å². The molecule has 0 bridgehead atoms. The predicted molar refractivity (Wildman–Crippen MR) is 113 cm³/mol. The van der Waals surface area contributed by atoms with Crippen molar-refractivity contribution in [3.8, 4) is 0 Å². The number of benzene rings is 1. The molecule has 4 rings (SSSR count). The monoisotopic (exact) mass is 396 g/mol. The molecule has 0 unspecified atom stereocenters. The summed E-state index contributed by atoms with van der Waals surface area (Å²) in [5, 5.41) is 8.60. The van der Waals surface area contributed by atoms with Gasteiger partial charge in [0.1, 0.15) is 4.83 Å². The zero-order valence-electron chi connectivity index (χ0n) is 16.4. The molecule has 28 heavy (non-hydrogen) atoms. The number of aromatic nitrogens is 2. The van der Waals surface area contributed by atoms with Crippen LogP contribution < -0.4 is 10.2 Å². The van der Waals surface area contributed by atoms with Crippen LogP contribution in [0.3, 0.4) is 0 Å². The van der Waals surface area contributed by atoms with E-state index in [4.69, 9.17) is 0 Å². The number of nitrogens with one attached hydrogen (secondary N) is 1. The van der Waals surface area contributed by atoms with E-state index in [9.17, 15) is 9.59 Å². The van der Waals surface area contributed by atoms with Crippen molar-refractivity contribution in [2.75, 3.05) is 16.8 Å². The van der Waals surface area contributed by atoms with E-state index in [2.05, 4.69) is 24.3 Å². The van der Waals surface area contributed by atoms with Gasteiger partial charge in [-0.3, -0.25) is 14.3 Å². The van der Waals surface area contributed by atoms with Crippen LogP contribution in [0.1, 0.15) is 42.1 Å². The van der Waals surface area contributed by atoms with Crippen LogP contribution in [-0.2, 0) is 11.3 Å². The van der Waals surface area contributed by atoms with Crippen molar-refractivity contribution in [3.05, 3.63) is 40.9 Å². The molecule has 146 valence electrons. The summed E-state index contributed by atoms with van der Waals surface area (Å²) in [6.45, 7) is 7.85. The fourth-order valence-corrected chi connectivity index (χ4v) is 4.63. The number of carbonyl (C=O) groups excluding carboxylic acids is 2. The van der Waals surface area contributed by atoms with Gasteiger partial charge in [0, 0.05) is 36.3 Å². The smallest absolute Gasteiger partial charge is 0.265 e. The third-order valence-corrected chi connectivity index (χ3v) is 6.01. The summed E-state index contributed by atoms with van der Waals surface area (Å²) in [6.07, 6.45) is 1.47. The normalized spacial score (nSPS) is 14.4. The Bertz CT molecular complexity index is 1050. The summed E-state index contributed by atoms with van der Waals surface area (Å²) in [4.78, 5) is 28.3. The zero-order chi connectivity index (χ0) is 19.8. The number of nitrogens with zero attached hydrogens (tertiary/aromatic N) is 3. The Morgan fingerprint density at radius 2 is 2.14 bits per heavy atom. The second kappa shape index (κ2) is 7.39. The van der Waals surface area contributed by atoms with Gasteiger partial charge in [-0.1, -0.05) is 19.9 Å². The lowest BCUT2D eigenvalue weighted by Gasteiger charge is -2.16. The van der Waals surface area contributed by atoms with E-state index in [1.807, 2.05) is 41.9 Å². The van der Waals surface area contributed by atoms with E-state index in [1.54, 1.807) is 4.90 Å². The highest BCUT2D eigenvalue weighted by molar-refractivity contribution is 7.20. The van der Waals surface area contributed by atoms with Gasteiger partial charge in [-0.2, -0.15) is 5.10 Å². The standard InChI is InChI=1S/C21H24N4O2S/c1-13(2)12-25-21-17(14(3)23-25)11-18(28-21)20(27)22-15-6-4-7-16(10-15)24-9-5-8-19(24)26/h4,6-7,10-11,13H,5,8-9,12H2,1-3H3,(H,22,27). The minimum Gasteiger partial charge on any atom is -0.321 e. The summed E-state index contributed by atoms with van der Waals surface area (Å²) in [7, 11) is 0. The Kier molecular flexibility index (Phi) is 4.93. The topological polar surface area (TPSA) is 67.2 Å². The third kappa shape index (κ3) is 3.54. The first-order valence-electron chi connectivity index (χ1n) is 9.61. The first kappa shape index (κ1) is 18.7. The lowest BCUT2D eigenvalue weighted by molar-refractivity contribution is -0.117. The minimum absolute atomic E-state index is 0.137. The Balaban J connectivity index is 1.56. The van der Waals surface area contributed by atoms with Crippen LogP contribution in [0.15, 0.2) is 30.3 Å². The molecule has 2 aromatic heterocycles. The van der Waals surface area contributed by atoms with Gasteiger partial charge in [0.2, 0.25) is 5.91 Å². The van der Waals surface area contributed by atoms with Gasteiger partial charge in [-0.25, -0.2) is 0 Å². The fraction of sp³-hybridized carbons (Fsp3) is 0.381. The summed E-state index contributed by atoms with van der Waals surface area (Å²) >= 11 is 1.47. The molecule has 1 saturated heterocycles. The largest absolute Gasteiger partial charge is 0.321 e. The van der Waals surface area contributed by atoms with Crippen LogP contribution in [0.4, 0.5) is 11.4 Å². The minimum atomic E-state index is -0.137. The molecular weight excluding hydrogens is 372 g/mol. The average Bonchev–Trinajstić information content (AvgIpc) is 3.33. The number of anilines is 2. The van der Waals surface area contributed by atoms with Gasteiger partial charge in [0.25, 0.3) is 5.91 Å². The second-order valence-electron chi connectivity index (χ2n) is 7.64. The van der Waals surface area contributed by atoms with Crippen molar-refractivity contribution in [2.45, 2.75) is 40.2 Å². The van der Waals surface area contributed by atoms with E-state index >= 15 is 0 Å². The molecule has 0 aliphatic carbocycles. The van der Waals surface area contributed by atoms with E-state index in [0.29, 0.717) is 22.9 Å². The maximum absolute atomic E-state index is 12.8. The summed E-state index contributed by atoms with van der Waals surface area (Å²) in [5.41, 5.74) is 2.47. The van der Waals surface area contributed by atoms with E-state index in [1.165, 1.54) is 11.3 Å². The molecule has 1 fully saturated rings. The zero-order valence-corrected chi connectivity index (χ0v) is 17.2. The first-order valence-corrected chi connectivity index (χ1v) is 10.4. The predicted octanol–water partition coefficient (Wildman–Crippen LogP) is 4.44. The van der Waals surface area contributed by atoms with Crippen molar-refractivity contribution >= 4 is 44.7 Å². The highest BCUT2D eigenvalue weighted by Gasteiger charge is 2.22. The lowest BCUT2D eigenvalue weighted by Crippen LogP contribution is -2.23. The highest BCUT2D eigenvalue weighted by Crippen LogP contribution is 2.30.